The second kappa shape index (κ2) is 9.75. The topological polar surface area (TPSA) is 38.2 Å². The number of hydrogen-bond donors (Lipinski definition) is 0. The van der Waals surface area contributed by atoms with Gasteiger partial charge in [0.25, 0.3) is 0 Å². The summed E-state index contributed by atoms with van der Waals surface area (Å²) in [4.78, 5) is 9.23. The number of rotatable bonds is 9. The first kappa shape index (κ1) is 22.0. The van der Waals surface area contributed by atoms with Crippen molar-refractivity contribution >= 4 is 11.5 Å². The molecule has 0 N–H and O–H groups in total. The van der Waals surface area contributed by atoms with Gasteiger partial charge in [-0.2, -0.15) is 18.2 Å². The van der Waals surface area contributed by atoms with Gasteiger partial charge >= 0.3 is 12.2 Å². The first-order valence-corrected chi connectivity index (χ1v) is 9.68. The average molecular weight is 395 g/mol. The van der Waals surface area contributed by atoms with Crippen molar-refractivity contribution in [3.63, 3.8) is 0 Å². The number of halogens is 3. The lowest BCUT2D eigenvalue weighted by atomic mass is 9.98. The van der Waals surface area contributed by atoms with E-state index in [0.717, 1.165) is 37.4 Å². The molecule has 1 heterocycles. The lowest BCUT2D eigenvalue weighted by Gasteiger charge is -2.23. The highest BCUT2D eigenvalue weighted by Crippen LogP contribution is 2.38. The molecule has 28 heavy (non-hydrogen) atoms. The number of anilines is 2. The lowest BCUT2D eigenvalue weighted by Crippen LogP contribution is -2.19. The summed E-state index contributed by atoms with van der Waals surface area (Å²) in [5.74, 6) is 0.177. The predicted molar refractivity (Wildman–Crippen MR) is 105 cm³/mol. The number of nitrogens with zero attached hydrogens (tertiary/aromatic N) is 3. The van der Waals surface area contributed by atoms with Gasteiger partial charge in [0.05, 0.1) is 6.61 Å². The molecule has 0 aliphatic rings. The Morgan fingerprint density at radius 2 is 1.79 bits per heavy atom. The van der Waals surface area contributed by atoms with Crippen molar-refractivity contribution in [1.29, 1.82) is 0 Å². The molecule has 1 aromatic heterocycles. The van der Waals surface area contributed by atoms with Crippen LogP contribution in [-0.4, -0.2) is 23.6 Å². The molecular weight excluding hydrogens is 367 g/mol. The van der Waals surface area contributed by atoms with E-state index in [-0.39, 0.29) is 11.8 Å². The third kappa shape index (κ3) is 5.59. The molecular formula is C21H28F3N3O. The molecule has 4 nitrogen and oxygen atoms in total. The van der Waals surface area contributed by atoms with Crippen LogP contribution in [0.3, 0.4) is 0 Å². The Hall–Kier alpha value is -2.31. The van der Waals surface area contributed by atoms with E-state index in [4.69, 9.17) is 4.74 Å². The number of benzene rings is 1. The van der Waals surface area contributed by atoms with Crippen LogP contribution >= 0.6 is 0 Å². The van der Waals surface area contributed by atoms with Gasteiger partial charge in [-0.15, -0.1) is 0 Å². The van der Waals surface area contributed by atoms with Crippen molar-refractivity contribution < 1.29 is 17.9 Å². The van der Waals surface area contributed by atoms with E-state index in [1.165, 1.54) is 4.90 Å². The minimum Gasteiger partial charge on any atom is -0.463 e. The van der Waals surface area contributed by atoms with Crippen LogP contribution < -0.4 is 9.64 Å². The zero-order valence-corrected chi connectivity index (χ0v) is 16.9. The van der Waals surface area contributed by atoms with E-state index in [0.29, 0.717) is 18.2 Å². The van der Waals surface area contributed by atoms with Crippen molar-refractivity contribution in [3.8, 4) is 6.01 Å². The fourth-order valence-corrected chi connectivity index (χ4v) is 2.78. The molecule has 0 aliphatic carbocycles. The second-order valence-electron chi connectivity index (χ2n) is 6.90. The molecule has 0 saturated heterocycles. The van der Waals surface area contributed by atoms with Crippen LogP contribution in [0.5, 0.6) is 6.01 Å². The van der Waals surface area contributed by atoms with Gasteiger partial charge < -0.3 is 9.64 Å². The van der Waals surface area contributed by atoms with Crippen LogP contribution in [0.25, 0.3) is 0 Å². The highest BCUT2D eigenvalue weighted by Gasteiger charge is 2.36. The summed E-state index contributed by atoms with van der Waals surface area (Å²) in [6.45, 7) is 6.66. The maximum Gasteiger partial charge on any atom is 0.421 e. The van der Waals surface area contributed by atoms with E-state index in [1.807, 2.05) is 24.3 Å². The van der Waals surface area contributed by atoms with Gasteiger partial charge in [-0.1, -0.05) is 45.7 Å². The zero-order chi connectivity index (χ0) is 20.7. The molecule has 154 valence electrons. The van der Waals surface area contributed by atoms with Gasteiger partial charge in [0.2, 0.25) is 0 Å². The Morgan fingerprint density at radius 1 is 1.11 bits per heavy atom. The quantitative estimate of drug-likeness (QED) is 0.464. The van der Waals surface area contributed by atoms with Crippen LogP contribution in [0.2, 0.25) is 0 Å². The molecule has 0 fully saturated rings. The molecule has 0 amide bonds. The van der Waals surface area contributed by atoms with Crippen LogP contribution in [0.15, 0.2) is 30.5 Å². The minimum absolute atomic E-state index is 0.0396. The summed E-state index contributed by atoms with van der Waals surface area (Å²) in [5.41, 5.74) is 0.883. The summed E-state index contributed by atoms with van der Waals surface area (Å²) < 4.78 is 45.9. The highest BCUT2D eigenvalue weighted by atomic mass is 19.4. The number of unbranched alkanes of at least 4 members (excludes halogenated alkanes) is 2. The molecule has 0 bridgehead atoms. The number of hydrogen-bond acceptors (Lipinski definition) is 4. The fraction of sp³-hybridized carbons (Fsp3) is 0.524. The SMILES string of the molecule is CCCCCOc1ncc(C(F)(F)F)c(N(C)c2ccc(C(C)CC)cc2)n1. The lowest BCUT2D eigenvalue weighted by molar-refractivity contribution is -0.137. The minimum atomic E-state index is -4.55. The summed E-state index contributed by atoms with van der Waals surface area (Å²) in [7, 11) is 1.57. The molecule has 0 spiro atoms. The van der Waals surface area contributed by atoms with Crippen LogP contribution in [0.4, 0.5) is 24.7 Å². The molecule has 2 aromatic rings. The molecule has 1 atom stereocenters. The monoisotopic (exact) mass is 395 g/mol. The second-order valence-corrected chi connectivity index (χ2v) is 6.90. The van der Waals surface area contributed by atoms with Crippen molar-refractivity contribution in [2.45, 2.75) is 58.5 Å². The van der Waals surface area contributed by atoms with E-state index < -0.39 is 11.7 Å². The standard InChI is InChI=1S/C21H28F3N3O/c1-5-7-8-13-28-20-25-14-18(21(22,23)24)19(26-20)27(4)17-11-9-16(10-12-17)15(3)6-2/h9-12,14-15H,5-8,13H2,1-4H3. The normalized spacial score (nSPS) is 12.7. The first-order valence-electron chi connectivity index (χ1n) is 9.68. The molecule has 0 aliphatic heterocycles. The first-order chi connectivity index (χ1) is 13.3. The van der Waals surface area contributed by atoms with E-state index in [9.17, 15) is 13.2 Å². The molecule has 1 aromatic carbocycles. The van der Waals surface area contributed by atoms with Crippen LogP contribution in [-0.2, 0) is 6.18 Å². The number of alkyl halides is 3. The third-order valence-electron chi connectivity index (χ3n) is 4.81. The van der Waals surface area contributed by atoms with Gasteiger partial charge in [-0.25, -0.2) is 4.98 Å². The van der Waals surface area contributed by atoms with Crippen molar-refractivity contribution in [2.24, 2.45) is 0 Å². The maximum atomic E-state index is 13.5. The summed E-state index contributed by atoms with van der Waals surface area (Å²) >= 11 is 0. The fourth-order valence-electron chi connectivity index (χ4n) is 2.78. The number of ether oxygens (including phenoxy) is 1. The summed E-state index contributed by atoms with van der Waals surface area (Å²) in [5, 5.41) is 0. The van der Waals surface area contributed by atoms with Gasteiger partial charge in [0.15, 0.2) is 5.82 Å². The van der Waals surface area contributed by atoms with E-state index in [2.05, 4.69) is 30.7 Å². The number of aromatic nitrogens is 2. The zero-order valence-electron chi connectivity index (χ0n) is 16.9. The van der Waals surface area contributed by atoms with Crippen LogP contribution in [0, 0.1) is 0 Å². The van der Waals surface area contributed by atoms with Gasteiger partial charge in [-0.3, -0.25) is 0 Å². The van der Waals surface area contributed by atoms with E-state index >= 15 is 0 Å². The smallest absolute Gasteiger partial charge is 0.421 e. The highest BCUT2D eigenvalue weighted by molar-refractivity contribution is 5.63. The Bertz CT molecular complexity index is 748. The summed E-state index contributed by atoms with van der Waals surface area (Å²) in [6, 6.07) is 7.46. The van der Waals surface area contributed by atoms with E-state index in [1.54, 1.807) is 7.05 Å². The molecule has 2 rings (SSSR count). The van der Waals surface area contributed by atoms with Gasteiger partial charge in [-0.05, 0) is 36.5 Å². The Kier molecular flexibility index (Phi) is 7.66. The van der Waals surface area contributed by atoms with Gasteiger partial charge in [0, 0.05) is 18.9 Å². The Balaban J connectivity index is 2.31. The predicted octanol–water partition coefficient (Wildman–Crippen LogP) is 6.35. The largest absolute Gasteiger partial charge is 0.463 e. The molecule has 1 unspecified atom stereocenters. The van der Waals surface area contributed by atoms with Gasteiger partial charge in [0.1, 0.15) is 5.56 Å². The average Bonchev–Trinajstić information content (AvgIpc) is 2.69. The van der Waals surface area contributed by atoms with Crippen molar-refractivity contribution in [2.75, 3.05) is 18.6 Å². The third-order valence-corrected chi connectivity index (χ3v) is 4.81. The summed E-state index contributed by atoms with van der Waals surface area (Å²) in [6.07, 6.45) is 0.0531. The van der Waals surface area contributed by atoms with Crippen LogP contribution in [0.1, 0.15) is 63.5 Å². The maximum absolute atomic E-state index is 13.5. The van der Waals surface area contributed by atoms with Crippen molar-refractivity contribution in [3.05, 3.63) is 41.6 Å². The molecule has 7 heteroatoms. The van der Waals surface area contributed by atoms with Crippen molar-refractivity contribution in [1.82, 2.24) is 9.97 Å². The molecule has 0 radical (unpaired) electrons. The molecule has 0 saturated carbocycles. The Labute approximate surface area is 164 Å². The Morgan fingerprint density at radius 3 is 2.36 bits per heavy atom.